The molecule has 0 radical (unpaired) electrons. The van der Waals surface area contributed by atoms with Crippen molar-refractivity contribution in [2.75, 3.05) is 44.6 Å². The van der Waals surface area contributed by atoms with E-state index < -0.39 is 0 Å². The highest BCUT2D eigenvalue weighted by Crippen LogP contribution is 2.11. The molecule has 0 saturated carbocycles. The lowest BCUT2D eigenvalue weighted by Gasteiger charge is -2.37. The minimum Gasteiger partial charge on any atom is -0.354 e. The molecule has 1 aliphatic heterocycles. The molecule has 156 valence electrons. The Bertz CT molecular complexity index is 790. The van der Waals surface area contributed by atoms with E-state index in [0.717, 1.165) is 32.6 Å². The average molecular weight is 419 g/mol. The highest BCUT2D eigenvalue weighted by Gasteiger charge is 2.26. The Labute approximate surface area is 174 Å². The first kappa shape index (κ1) is 21.4. The molecule has 1 unspecified atom stereocenters. The molecule has 8 heteroatoms. The summed E-state index contributed by atoms with van der Waals surface area (Å²) in [5, 5.41) is 7.83. The van der Waals surface area contributed by atoms with E-state index >= 15 is 0 Å². The van der Waals surface area contributed by atoms with Crippen LogP contribution in [0.3, 0.4) is 0 Å². The molecule has 1 atom stereocenters. The SMILES string of the molecule is CC(C(=O)NCCc1cccs1)N1CCN(CC(=O)Nc2ccc(F)cc2)CC1. The van der Waals surface area contributed by atoms with Crippen molar-refractivity contribution >= 4 is 28.8 Å². The van der Waals surface area contributed by atoms with Crippen LogP contribution < -0.4 is 10.6 Å². The van der Waals surface area contributed by atoms with Crippen LogP contribution in [0.15, 0.2) is 41.8 Å². The van der Waals surface area contributed by atoms with E-state index in [1.807, 2.05) is 18.4 Å². The number of anilines is 1. The van der Waals surface area contributed by atoms with Gasteiger partial charge < -0.3 is 10.6 Å². The third-order valence-corrected chi connectivity index (χ3v) is 6.02. The number of halogens is 1. The van der Waals surface area contributed by atoms with Gasteiger partial charge in [-0.15, -0.1) is 11.3 Å². The Hall–Kier alpha value is -2.29. The first-order valence-electron chi connectivity index (χ1n) is 9.83. The quantitative estimate of drug-likeness (QED) is 0.690. The van der Waals surface area contributed by atoms with Gasteiger partial charge in [-0.2, -0.15) is 0 Å². The smallest absolute Gasteiger partial charge is 0.238 e. The summed E-state index contributed by atoms with van der Waals surface area (Å²) < 4.78 is 12.9. The molecule has 3 rings (SSSR count). The summed E-state index contributed by atoms with van der Waals surface area (Å²) in [6, 6.07) is 9.64. The van der Waals surface area contributed by atoms with Gasteiger partial charge in [-0.05, 0) is 49.1 Å². The number of nitrogens with zero attached hydrogens (tertiary/aromatic N) is 2. The van der Waals surface area contributed by atoms with Gasteiger partial charge in [-0.25, -0.2) is 4.39 Å². The van der Waals surface area contributed by atoms with Gasteiger partial charge in [-0.3, -0.25) is 19.4 Å². The minimum absolute atomic E-state index is 0.0454. The van der Waals surface area contributed by atoms with Crippen molar-refractivity contribution in [2.45, 2.75) is 19.4 Å². The zero-order valence-electron chi connectivity index (χ0n) is 16.6. The number of rotatable bonds is 8. The third-order valence-electron chi connectivity index (χ3n) is 5.08. The fourth-order valence-corrected chi connectivity index (χ4v) is 4.03. The largest absolute Gasteiger partial charge is 0.354 e. The molecule has 1 aromatic heterocycles. The van der Waals surface area contributed by atoms with Crippen molar-refractivity contribution in [3.05, 3.63) is 52.5 Å². The van der Waals surface area contributed by atoms with Crippen LogP contribution in [-0.2, 0) is 16.0 Å². The Kier molecular flexibility index (Phi) is 7.74. The topological polar surface area (TPSA) is 64.7 Å². The van der Waals surface area contributed by atoms with Crippen LogP contribution in [0.5, 0.6) is 0 Å². The number of piperazine rings is 1. The second-order valence-corrected chi connectivity index (χ2v) is 8.20. The monoisotopic (exact) mass is 418 g/mol. The fourth-order valence-electron chi connectivity index (χ4n) is 3.32. The Balaban J connectivity index is 1.36. The molecule has 0 bridgehead atoms. The molecule has 1 aliphatic rings. The third kappa shape index (κ3) is 6.62. The molecule has 0 spiro atoms. The first-order valence-corrected chi connectivity index (χ1v) is 10.7. The van der Waals surface area contributed by atoms with Gasteiger partial charge >= 0.3 is 0 Å². The van der Waals surface area contributed by atoms with Crippen LogP contribution in [0.4, 0.5) is 10.1 Å². The minimum atomic E-state index is -0.330. The molecule has 6 nitrogen and oxygen atoms in total. The lowest BCUT2D eigenvalue weighted by atomic mass is 10.2. The molecule has 2 aromatic rings. The van der Waals surface area contributed by atoms with Crippen molar-refractivity contribution < 1.29 is 14.0 Å². The number of hydrogen-bond donors (Lipinski definition) is 2. The molecule has 1 fully saturated rings. The lowest BCUT2D eigenvalue weighted by molar-refractivity contribution is -0.127. The second-order valence-electron chi connectivity index (χ2n) is 7.16. The maximum absolute atomic E-state index is 12.9. The molecular formula is C21H27FN4O2S. The van der Waals surface area contributed by atoms with Gasteiger partial charge in [0.05, 0.1) is 12.6 Å². The van der Waals surface area contributed by atoms with E-state index in [0.29, 0.717) is 12.2 Å². The van der Waals surface area contributed by atoms with E-state index in [-0.39, 0.29) is 30.2 Å². The zero-order valence-corrected chi connectivity index (χ0v) is 17.4. The van der Waals surface area contributed by atoms with Gasteiger partial charge in [0.1, 0.15) is 5.82 Å². The van der Waals surface area contributed by atoms with Gasteiger partial charge in [-0.1, -0.05) is 6.07 Å². The Morgan fingerprint density at radius 2 is 1.86 bits per heavy atom. The summed E-state index contributed by atoms with van der Waals surface area (Å²) in [6.07, 6.45) is 0.854. The van der Waals surface area contributed by atoms with Crippen LogP contribution >= 0.6 is 11.3 Å². The maximum atomic E-state index is 12.9. The summed E-state index contributed by atoms with van der Waals surface area (Å²) in [7, 11) is 0. The predicted molar refractivity (Wildman–Crippen MR) is 114 cm³/mol. The molecule has 2 heterocycles. The van der Waals surface area contributed by atoms with Crippen molar-refractivity contribution in [1.29, 1.82) is 0 Å². The second kappa shape index (κ2) is 10.5. The summed E-state index contributed by atoms with van der Waals surface area (Å²) in [5.74, 6) is -0.405. The molecule has 2 N–H and O–H groups in total. The van der Waals surface area contributed by atoms with E-state index in [4.69, 9.17) is 0 Å². The van der Waals surface area contributed by atoms with Crippen LogP contribution in [0.1, 0.15) is 11.8 Å². The Morgan fingerprint density at radius 3 is 2.52 bits per heavy atom. The standard InChI is InChI=1S/C21H27FN4O2S/c1-16(21(28)23-9-8-19-3-2-14-29-19)26-12-10-25(11-13-26)15-20(27)24-18-6-4-17(22)5-7-18/h2-7,14,16H,8-13,15H2,1H3,(H,23,28)(H,24,27). The highest BCUT2D eigenvalue weighted by molar-refractivity contribution is 7.09. The van der Waals surface area contributed by atoms with Crippen molar-refractivity contribution in [1.82, 2.24) is 15.1 Å². The first-order chi connectivity index (χ1) is 14.0. The molecular weight excluding hydrogens is 391 g/mol. The molecule has 2 amide bonds. The van der Waals surface area contributed by atoms with Crippen LogP contribution in [0, 0.1) is 5.82 Å². The van der Waals surface area contributed by atoms with Gasteiger partial charge in [0, 0.05) is 43.3 Å². The number of amides is 2. The van der Waals surface area contributed by atoms with Crippen LogP contribution in [0.25, 0.3) is 0 Å². The number of carbonyl (C=O) groups excluding carboxylic acids is 2. The Morgan fingerprint density at radius 1 is 1.14 bits per heavy atom. The van der Waals surface area contributed by atoms with E-state index in [9.17, 15) is 14.0 Å². The number of nitrogens with one attached hydrogen (secondary N) is 2. The molecule has 1 saturated heterocycles. The summed E-state index contributed by atoms with van der Waals surface area (Å²) in [6.45, 7) is 5.79. The van der Waals surface area contributed by atoms with E-state index in [1.54, 1.807) is 23.5 Å². The van der Waals surface area contributed by atoms with Crippen LogP contribution in [-0.4, -0.2) is 66.9 Å². The fraction of sp³-hybridized carbons (Fsp3) is 0.429. The zero-order chi connectivity index (χ0) is 20.6. The number of hydrogen-bond acceptors (Lipinski definition) is 5. The van der Waals surface area contributed by atoms with E-state index in [1.165, 1.54) is 17.0 Å². The number of benzene rings is 1. The van der Waals surface area contributed by atoms with Crippen molar-refractivity contribution in [3.63, 3.8) is 0 Å². The molecule has 29 heavy (non-hydrogen) atoms. The maximum Gasteiger partial charge on any atom is 0.238 e. The summed E-state index contributed by atoms with van der Waals surface area (Å²) in [5.41, 5.74) is 0.586. The molecule has 1 aromatic carbocycles. The van der Waals surface area contributed by atoms with Gasteiger partial charge in [0.2, 0.25) is 11.8 Å². The lowest BCUT2D eigenvalue weighted by Crippen LogP contribution is -2.54. The average Bonchev–Trinajstić information content (AvgIpc) is 3.23. The predicted octanol–water partition coefficient (Wildman–Crippen LogP) is 2.19. The van der Waals surface area contributed by atoms with Crippen LogP contribution in [0.2, 0.25) is 0 Å². The summed E-state index contributed by atoms with van der Waals surface area (Å²) in [4.78, 5) is 30.1. The van der Waals surface area contributed by atoms with Gasteiger partial charge in [0.25, 0.3) is 0 Å². The summed E-state index contributed by atoms with van der Waals surface area (Å²) >= 11 is 1.70. The number of thiophene rings is 1. The van der Waals surface area contributed by atoms with Gasteiger partial charge in [0.15, 0.2) is 0 Å². The number of carbonyl (C=O) groups is 2. The molecule has 0 aliphatic carbocycles. The van der Waals surface area contributed by atoms with Crippen molar-refractivity contribution in [3.8, 4) is 0 Å². The van der Waals surface area contributed by atoms with Crippen molar-refractivity contribution in [2.24, 2.45) is 0 Å². The normalized spacial score (nSPS) is 16.3. The highest BCUT2D eigenvalue weighted by atomic mass is 32.1. The van der Waals surface area contributed by atoms with E-state index in [2.05, 4.69) is 26.5 Å².